The summed E-state index contributed by atoms with van der Waals surface area (Å²) in [6.45, 7) is 2.83. The minimum absolute atomic E-state index is 0.0758. The number of halogens is 1. The van der Waals surface area contributed by atoms with Crippen LogP contribution in [-0.4, -0.2) is 22.3 Å². The van der Waals surface area contributed by atoms with Crippen LogP contribution in [0.3, 0.4) is 0 Å². The van der Waals surface area contributed by atoms with Gasteiger partial charge in [-0.2, -0.15) is 0 Å². The summed E-state index contributed by atoms with van der Waals surface area (Å²) < 4.78 is 0. The second-order valence-electron chi connectivity index (χ2n) is 6.62. The van der Waals surface area contributed by atoms with Crippen molar-refractivity contribution in [3.05, 3.63) is 69.1 Å². The zero-order valence-corrected chi connectivity index (χ0v) is 15.1. The minimum Gasteiger partial charge on any atom is -0.335 e. The first-order valence-corrected chi connectivity index (χ1v) is 9.20. The summed E-state index contributed by atoms with van der Waals surface area (Å²) in [5.74, 6) is 0.103. The first kappa shape index (κ1) is 17.7. The highest BCUT2D eigenvalue weighted by atomic mass is 35.5. The summed E-state index contributed by atoms with van der Waals surface area (Å²) in [5.41, 5.74) is 1.84. The SMILES string of the molecule is CCCN1C(=O)[C@@H](Cc2cccc(=O)[nH]2)CCC1c1ccc(Cl)cc1. The molecule has 2 atom stereocenters. The molecule has 2 heterocycles. The van der Waals surface area contributed by atoms with Crippen molar-refractivity contribution in [1.82, 2.24) is 9.88 Å². The Labute approximate surface area is 152 Å². The van der Waals surface area contributed by atoms with Crippen LogP contribution < -0.4 is 5.56 Å². The largest absolute Gasteiger partial charge is 0.335 e. The van der Waals surface area contributed by atoms with Gasteiger partial charge in [-0.25, -0.2) is 0 Å². The fourth-order valence-corrected chi connectivity index (χ4v) is 3.76. The van der Waals surface area contributed by atoms with E-state index in [1.165, 1.54) is 6.07 Å². The van der Waals surface area contributed by atoms with E-state index in [0.717, 1.165) is 37.1 Å². The topological polar surface area (TPSA) is 53.2 Å². The van der Waals surface area contributed by atoms with Gasteiger partial charge in [-0.1, -0.05) is 36.7 Å². The Bertz CT molecular complexity index is 785. The van der Waals surface area contributed by atoms with Crippen LogP contribution >= 0.6 is 11.6 Å². The molecule has 0 saturated carbocycles. The van der Waals surface area contributed by atoms with E-state index in [4.69, 9.17) is 11.6 Å². The highest BCUT2D eigenvalue weighted by Gasteiger charge is 2.35. The average Bonchev–Trinajstić information content (AvgIpc) is 2.60. The third kappa shape index (κ3) is 4.13. The molecule has 1 aliphatic heterocycles. The normalized spacial score (nSPS) is 20.7. The van der Waals surface area contributed by atoms with Crippen LogP contribution in [0.5, 0.6) is 0 Å². The van der Waals surface area contributed by atoms with E-state index >= 15 is 0 Å². The Hall–Kier alpha value is -2.07. The molecule has 1 unspecified atom stereocenters. The van der Waals surface area contributed by atoms with E-state index in [-0.39, 0.29) is 23.4 Å². The van der Waals surface area contributed by atoms with Crippen LogP contribution in [0, 0.1) is 5.92 Å². The van der Waals surface area contributed by atoms with Crippen molar-refractivity contribution >= 4 is 17.5 Å². The van der Waals surface area contributed by atoms with Gasteiger partial charge in [0, 0.05) is 29.2 Å². The number of carbonyl (C=O) groups is 1. The van der Waals surface area contributed by atoms with Crippen molar-refractivity contribution in [2.75, 3.05) is 6.54 Å². The molecule has 1 aliphatic rings. The number of benzene rings is 1. The molecule has 0 aliphatic carbocycles. The second-order valence-corrected chi connectivity index (χ2v) is 7.05. The number of nitrogens with one attached hydrogen (secondary N) is 1. The highest BCUT2D eigenvalue weighted by molar-refractivity contribution is 6.30. The molecule has 0 bridgehead atoms. The van der Waals surface area contributed by atoms with Gasteiger partial charge in [0.2, 0.25) is 11.5 Å². The molecule has 132 valence electrons. The summed E-state index contributed by atoms with van der Waals surface area (Å²) >= 11 is 5.99. The zero-order valence-electron chi connectivity index (χ0n) is 14.4. The van der Waals surface area contributed by atoms with E-state index in [2.05, 4.69) is 11.9 Å². The molecule has 2 aromatic rings. The number of hydrogen-bond acceptors (Lipinski definition) is 2. The summed E-state index contributed by atoms with van der Waals surface area (Å²) in [6, 6.07) is 13.0. The van der Waals surface area contributed by atoms with Crippen molar-refractivity contribution in [2.45, 2.75) is 38.6 Å². The quantitative estimate of drug-likeness (QED) is 0.879. The van der Waals surface area contributed by atoms with Crippen LogP contribution in [0.4, 0.5) is 0 Å². The van der Waals surface area contributed by atoms with Crippen molar-refractivity contribution in [1.29, 1.82) is 0 Å². The van der Waals surface area contributed by atoms with Gasteiger partial charge in [0.1, 0.15) is 0 Å². The first-order valence-electron chi connectivity index (χ1n) is 8.82. The molecule has 1 N–H and O–H groups in total. The maximum absolute atomic E-state index is 13.1. The molecule has 1 saturated heterocycles. The maximum atomic E-state index is 13.1. The summed E-state index contributed by atoms with van der Waals surface area (Å²) in [6.07, 6.45) is 3.26. The summed E-state index contributed by atoms with van der Waals surface area (Å²) in [4.78, 5) is 29.4. The Morgan fingerprint density at radius 1 is 1.12 bits per heavy atom. The van der Waals surface area contributed by atoms with Gasteiger partial charge in [0.05, 0.1) is 6.04 Å². The van der Waals surface area contributed by atoms with Crippen molar-refractivity contribution < 1.29 is 4.79 Å². The third-order valence-corrected chi connectivity index (χ3v) is 5.06. The molecule has 5 heteroatoms. The van der Waals surface area contributed by atoms with Gasteiger partial charge < -0.3 is 9.88 Å². The molecule has 3 rings (SSSR count). The van der Waals surface area contributed by atoms with E-state index in [1.807, 2.05) is 35.2 Å². The van der Waals surface area contributed by atoms with Crippen molar-refractivity contribution in [2.24, 2.45) is 5.92 Å². The summed E-state index contributed by atoms with van der Waals surface area (Å²) in [7, 11) is 0. The molecular formula is C20H23ClN2O2. The number of aromatic nitrogens is 1. The van der Waals surface area contributed by atoms with Crippen molar-refractivity contribution in [3.63, 3.8) is 0 Å². The monoisotopic (exact) mass is 358 g/mol. The van der Waals surface area contributed by atoms with Crippen LogP contribution in [0.1, 0.15) is 43.5 Å². The number of likely N-dealkylation sites (tertiary alicyclic amines) is 1. The third-order valence-electron chi connectivity index (χ3n) is 4.81. The number of nitrogens with zero attached hydrogens (tertiary/aromatic N) is 1. The van der Waals surface area contributed by atoms with E-state index in [0.29, 0.717) is 11.4 Å². The van der Waals surface area contributed by atoms with E-state index in [1.54, 1.807) is 6.07 Å². The molecular weight excluding hydrogens is 336 g/mol. The Morgan fingerprint density at radius 2 is 1.88 bits per heavy atom. The predicted octanol–water partition coefficient (Wildman–Crippen LogP) is 3.96. The van der Waals surface area contributed by atoms with Gasteiger partial charge in [-0.05, 0) is 49.4 Å². The van der Waals surface area contributed by atoms with Crippen LogP contribution in [-0.2, 0) is 11.2 Å². The Kier molecular flexibility index (Phi) is 5.59. The smallest absolute Gasteiger partial charge is 0.248 e. The zero-order chi connectivity index (χ0) is 17.8. The first-order chi connectivity index (χ1) is 12.1. The van der Waals surface area contributed by atoms with Gasteiger partial charge in [-0.15, -0.1) is 0 Å². The fourth-order valence-electron chi connectivity index (χ4n) is 3.63. The predicted molar refractivity (Wildman–Crippen MR) is 99.7 cm³/mol. The van der Waals surface area contributed by atoms with Gasteiger partial charge in [-0.3, -0.25) is 9.59 Å². The standard InChI is InChI=1S/C20H23ClN2O2/c1-2-12-23-18(14-6-9-16(21)10-7-14)11-8-15(20(23)25)13-17-4-3-5-19(24)22-17/h3-7,9-10,15,18H,2,8,11-13H2,1H3,(H,22,24)/t15-,18?/m1/s1. The lowest BCUT2D eigenvalue weighted by molar-refractivity contribution is -0.142. The fraction of sp³-hybridized carbons (Fsp3) is 0.400. The molecule has 0 spiro atoms. The lowest BCUT2D eigenvalue weighted by atomic mass is 9.85. The number of aromatic amines is 1. The molecule has 25 heavy (non-hydrogen) atoms. The van der Waals surface area contributed by atoms with Crippen LogP contribution in [0.25, 0.3) is 0 Å². The molecule has 0 radical (unpaired) electrons. The number of amides is 1. The van der Waals surface area contributed by atoms with Crippen LogP contribution in [0.15, 0.2) is 47.3 Å². The van der Waals surface area contributed by atoms with Crippen LogP contribution in [0.2, 0.25) is 5.02 Å². The highest BCUT2D eigenvalue weighted by Crippen LogP contribution is 2.35. The number of piperidine rings is 1. The number of rotatable bonds is 5. The lowest BCUT2D eigenvalue weighted by Gasteiger charge is -2.39. The Morgan fingerprint density at radius 3 is 2.56 bits per heavy atom. The van der Waals surface area contributed by atoms with Gasteiger partial charge in [0.15, 0.2) is 0 Å². The second kappa shape index (κ2) is 7.87. The van der Waals surface area contributed by atoms with E-state index in [9.17, 15) is 9.59 Å². The lowest BCUT2D eigenvalue weighted by Crippen LogP contribution is -2.44. The minimum atomic E-state index is -0.120. The molecule has 1 aromatic heterocycles. The molecule has 1 aromatic carbocycles. The number of pyridine rings is 1. The number of H-pyrrole nitrogens is 1. The molecule has 1 amide bonds. The summed E-state index contributed by atoms with van der Waals surface area (Å²) in [5, 5.41) is 0.707. The number of carbonyl (C=O) groups excluding carboxylic acids is 1. The maximum Gasteiger partial charge on any atom is 0.248 e. The Balaban J connectivity index is 1.79. The van der Waals surface area contributed by atoms with Gasteiger partial charge in [0.25, 0.3) is 0 Å². The van der Waals surface area contributed by atoms with Crippen molar-refractivity contribution in [3.8, 4) is 0 Å². The van der Waals surface area contributed by atoms with Gasteiger partial charge >= 0.3 is 0 Å². The number of hydrogen-bond donors (Lipinski definition) is 1. The average molecular weight is 359 g/mol. The molecule has 1 fully saturated rings. The van der Waals surface area contributed by atoms with E-state index < -0.39 is 0 Å². The molecule has 4 nitrogen and oxygen atoms in total.